The van der Waals surface area contributed by atoms with Crippen molar-refractivity contribution < 1.29 is 28.5 Å². The zero-order valence-corrected chi connectivity index (χ0v) is 42.8. The molecular formula is C52H105N2O6P. The van der Waals surface area contributed by atoms with E-state index in [0.29, 0.717) is 38.0 Å². The van der Waals surface area contributed by atoms with Crippen molar-refractivity contribution in [1.29, 1.82) is 0 Å². The van der Waals surface area contributed by atoms with Gasteiger partial charge in [-0.2, -0.15) is 0 Å². The SMILES string of the molecule is C=CCOP(OCCC)N(C(C)C)C(C)C.CCCCCCCCCCCCCC(=O)N[C@@H](CO)[C@H](CCCCCCCCCCC)OC(=O)CCCCCCCCCCC. The van der Waals surface area contributed by atoms with E-state index in [4.69, 9.17) is 13.8 Å². The summed E-state index contributed by atoms with van der Waals surface area (Å²) >= 11 is 0. The third-order valence-corrected chi connectivity index (χ3v) is 13.4. The highest BCUT2D eigenvalue weighted by molar-refractivity contribution is 7.44. The van der Waals surface area contributed by atoms with Crippen LogP contribution < -0.4 is 5.32 Å². The van der Waals surface area contributed by atoms with Crippen LogP contribution in [0.15, 0.2) is 12.7 Å². The van der Waals surface area contributed by atoms with Gasteiger partial charge in [0.15, 0.2) is 0 Å². The van der Waals surface area contributed by atoms with Gasteiger partial charge in [0, 0.05) is 24.9 Å². The van der Waals surface area contributed by atoms with Crippen LogP contribution in [-0.2, 0) is 23.4 Å². The summed E-state index contributed by atoms with van der Waals surface area (Å²) in [4.78, 5) is 25.6. The summed E-state index contributed by atoms with van der Waals surface area (Å²) in [6.07, 6.45) is 39.7. The fourth-order valence-electron chi connectivity index (χ4n) is 7.72. The van der Waals surface area contributed by atoms with Gasteiger partial charge in [-0.3, -0.25) is 9.59 Å². The molecule has 0 saturated carbocycles. The summed E-state index contributed by atoms with van der Waals surface area (Å²) in [7, 11) is -0.953. The van der Waals surface area contributed by atoms with Gasteiger partial charge in [0.1, 0.15) is 6.10 Å². The Kier molecular flexibility index (Phi) is 49.2. The molecular weight excluding hydrogens is 780 g/mol. The number of unbranched alkanes of at least 4 members (excludes halogenated alkanes) is 26. The topological polar surface area (TPSA) is 97.3 Å². The molecule has 8 nitrogen and oxygen atoms in total. The molecule has 2 N–H and O–H groups in total. The maximum Gasteiger partial charge on any atom is 0.306 e. The molecule has 9 heteroatoms. The quantitative estimate of drug-likeness (QED) is 0.0272. The minimum Gasteiger partial charge on any atom is -0.460 e. The number of aliphatic hydroxyl groups is 1. The molecule has 0 aromatic rings. The molecule has 0 bridgehead atoms. The Bertz CT molecular complexity index is 930. The van der Waals surface area contributed by atoms with Crippen molar-refractivity contribution in [3.8, 4) is 0 Å². The van der Waals surface area contributed by atoms with E-state index in [1.54, 1.807) is 6.08 Å². The lowest BCUT2D eigenvalue weighted by atomic mass is 10.0. The lowest BCUT2D eigenvalue weighted by Gasteiger charge is -2.35. The monoisotopic (exact) mass is 885 g/mol. The number of carbonyl (C=O) groups is 2. The van der Waals surface area contributed by atoms with Gasteiger partial charge in [-0.05, 0) is 59.8 Å². The van der Waals surface area contributed by atoms with Gasteiger partial charge in [-0.25, -0.2) is 4.67 Å². The number of esters is 1. The molecule has 1 unspecified atom stereocenters. The Hall–Kier alpha value is -1.05. The fourth-order valence-corrected chi connectivity index (χ4v) is 9.39. The van der Waals surface area contributed by atoms with Gasteiger partial charge in [0.25, 0.3) is 8.53 Å². The molecule has 0 aliphatic rings. The van der Waals surface area contributed by atoms with E-state index in [0.717, 1.165) is 51.6 Å². The third kappa shape index (κ3) is 41.4. The van der Waals surface area contributed by atoms with Crippen LogP contribution in [0.25, 0.3) is 0 Å². The number of aliphatic hydroxyl groups excluding tert-OH is 1. The number of rotatable bonds is 45. The number of amides is 1. The first-order valence-electron chi connectivity index (χ1n) is 26.2. The summed E-state index contributed by atoms with van der Waals surface area (Å²) in [5.74, 6) is -0.214. The lowest BCUT2D eigenvalue weighted by molar-refractivity contribution is -0.152. The molecule has 61 heavy (non-hydrogen) atoms. The van der Waals surface area contributed by atoms with Crippen LogP contribution in [0.4, 0.5) is 0 Å². The average Bonchev–Trinajstić information content (AvgIpc) is 3.24. The van der Waals surface area contributed by atoms with Crippen LogP contribution in [-0.4, -0.2) is 65.7 Å². The normalized spacial score (nSPS) is 13.0. The largest absolute Gasteiger partial charge is 0.460 e. The molecule has 0 aliphatic carbocycles. The molecule has 0 saturated heterocycles. The second-order valence-corrected chi connectivity index (χ2v) is 19.5. The number of ether oxygens (including phenoxy) is 1. The van der Waals surface area contributed by atoms with Crippen molar-refractivity contribution >= 4 is 20.4 Å². The molecule has 0 fully saturated rings. The first-order valence-corrected chi connectivity index (χ1v) is 27.3. The van der Waals surface area contributed by atoms with Crippen LogP contribution >= 0.6 is 8.53 Å². The van der Waals surface area contributed by atoms with Crippen molar-refractivity contribution in [2.45, 2.75) is 292 Å². The predicted molar refractivity (Wildman–Crippen MR) is 265 cm³/mol. The molecule has 0 heterocycles. The summed E-state index contributed by atoms with van der Waals surface area (Å²) in [6.45, 7) is 22.3. The molecule has 3 atom stereocenters. The lowest BCUT2D eigenvalue weighted by Crippen LogP contribution is -2.47. The van der Waals surface area contributed by atoms with Gasteiger partial charge in [-0.1, -0.05) is 201 Å². The molecule has 0 spiro atoms. The van der Waals surface area contributed by atoms with E-state index < -0.39 is 20.7 Å². The summed E-state index contributed by atoms with van der Waals surface area (Å²) < 4.78 is 19.8. The highest BCUT2D eigenvalue weighted by Gasteiger charge is 2.27. The first-order chi connectivity index (χ1) is 29.6. The standard InChI is InChI=1S/C40H79NO4.C12H26NO2P/c1-4-7-10-13-16-19-20-23-25-28-31-34-39(43)41-37(36-42)38(33-30-27-24-21-17-14-11-8-5-2)45-40(44)35-32-29-26-22-18-15-12-9-6-3;1-7-9-14-16(15-10-8-2)13(11(3)4)12(5)6/h37-38,42H,4-36H2,1-3H3,(H,41,43);7,11-12H,1,8-10H2,2-6H3/t37-,38-;/m0./s1. The second kappa shape index (κ2) is 48.4. The zero-order valence-electron chi connectivity index (χ0n) is 41.9. The summed E-state index contributed by atoms with van der Waals surface area (Å²) in [6, 6.07) is 0.326. The Morgan fingerprint density at radius 2 is 0.967 bits per heavy atom. The molecule has 0 aliphatic heterocycles. The van der Waals surface area contributed by atoms with E-state index in [2.05, 4.69) is 72.0 Å². The van der Waals surface area contributed by atoms with Gasteiger partial charge in [-0.15, -0.1) is 6.58 Å². The zero-order chi connectivity index (χ0) is 45.6. The molecule has 0 radical (unpaired) electrons. The predicted octanol–water partition coefficient (Wildman–Crippen LogP) is 15.9. The number of nitrogens with zero attached hydrogens (tertiary/aromatic N) is 1. The number of hydrogen-bond donors (Lipinski definition) is 2. The molecule has 364 valence electrons. The van der Waals surface area contributed by atoms with E-state index in [1.165, 1.54) is 148 Å². The first kappa shape index (κ1) is 62.0. The summed E-state index contributed by atoms with van der Waals surface area (Å²) in [5.41, 5.74) is 0. The van der Waals surface area contributed by atoms with Gasteiger partial charge >= 0.3 is 5.97 Å². The van der Waals surface area contributed by atoms with Crippen molar-refractivity contribution in [1.82, 2.24) is 9.99 Å². The van der Waals surface area contributed by atoms with E-state index >= 15 is 0 Å². The maximum atomic E-state index is 12.8. The van der Waals surface area contributed by atoms with Gasteiger partial charge in [0.05, 0.1) is 25.9 Å². The van der Waals surface area contributed by atoms with E-state index in [9.17, 15) is 14.7 Å². The Balaban J connectivity index is 0. The highest BCUT2D eigenvalue weighted by Crippen LogP contribution is 2.45. The number of nitrogens with one attached hydrogen (secondary N) is 1. The van der Waals surface area contributed by atoms with Crippen LogP contribution in [0.1, 0.15) is 267 Å². The van der Waals surface area contributed by atoms with Crippen molar-refractivity contribution in [3.63, 3.8) is 0 Å². The maximum absolute atomic E-state index is 12.8. The molecule has 0 aromatic carbocycles. The Morgan fingerprint density at radius 3 is 1.34 bits per heavy atom. The Morgan fingerprint density at radius 1 is 0.574 bits per heavy atom. The molecule has 1 amide bonds. The van der Waals surface area contributed by atoms with Crippen LogP contribution in [0.5, 0.6) is 0 Å². The fraction of sp³-hybridized carbons (Fsp3) is 0.923. The van der Waals surface area contributed by atoms with Crippen molar-refractivity contribution in [2.24, 2.45) is 0 Å². The van der Waals surface area contributed by atoms with E-state index in [-0.39, 0.29) is 18.5 Å². The van der Waals surface area contributed by atoms with Crippen LogP contribution in [0, 0.1) is 0 Å². The van der Waals surface area contributed by atoms with Crippen LogP contribution in [0.3, 0.4) is 0 Å². The van der Waals surface area contributed by atoms with Gasteiger partial charge < -0.3 is 24.2 Å². The third-order valence-electron chi connectivity index (χ3n) is 11.3. The molecule has 0 rings (SSSR count). The smallest absolute Gasteiger partial charge is 0.306 e. The minimum absolute atomic E-state index is 0.0305. The highest BCUT2D eigenvalue weighted by atomic mass is 31.2. The Labute approximate surface area is 381 Å². The molecule has 0 aromatic heterocycles. The van der Waals surface area contributed by atoms with Crippen LogP contribution in [0.2, 0.25) is 0 Å². The average molecular weight is 885 g/mol. The second-order valence-electron chi connectivity index (χ2n) is 18.1. The summed E-state index contributed by atoms with van der Waals surface area (Å²) in [5, 5.41) is 13.2. The van der Waals surface area contributed by atoms with Crippen molar-refractivity contribution in [2.75, 3.05) is 19.8 Å². The van der Waals surface area contributed by atoms with Gasteiger partial charge in [0.2, 0.25) is 5.91 Å². The van der Waals surface area contributed by atoms with Crippen molar-refractivity contribution in [3.05, 3.63) is 12.7 Å². The van der Waals surface area contributed by atoms with E-state index in [1.807, 2.05) is 0 Å². The number of carbonyl (C=O) groups excluding carboxylic acids is 2. The minimum atomic E-state index is -0.953. The number of hydrogen-bond acceptors (Lipinski definition) is 7.